The molecule has 0 bridgehead atoms. The molecule has 0 aliphatic carbocycles. The standard InChI is InChI=1S/C24H23N5O2S/c30-32(31,21-7-3-1-4-8-21)28-20-13-19(15-25-16-20)18-9-10-23-22(14-18)24(27-17-26-23)29-11-5-2-6-12-29/h1,3-4,7-10,13-17,28H,2,5-6,11-12H2. The second-order valence-electron chi connectivity index (χ2n) is 7.86. The zero-order valence-electron chi connectivity index (χ0n) is 17.5. The number of hydrogen-bond acceptors (Lipinski definition) is 6. The van der Waals surface area contributed by atoms with Crippen molar-refractivity contribution in [1.29, 1.82) is 0 Å². The SMILES string of the molecule is O=S(=O)(Nc1cncc(-c2ccc3ncnc(N4CCCCC4)c3c2)c1)c1ccccc1. The Kier molecular flexibility index (Phi) is 5.45. The molecule has 0 unspecified atom stereocenters. The van der Waals surface area contributed by atoms with Crippen molar-refractivity contribution in [2.75, 3.05) is 22.7 Å². The van der Waals surface area contributed by atoms with E-state index in [1.54, 1.807) is 48.9 Å². The lowest BCUT2D eigenvalue weighted by Gasteiger charge is -2.28. The minimum absolute atomic E-state index is 0.208. The van der Waals surface area contributed by atoms with Gasteiger partial charge in [0, 0.05) is 30.2 Å². The first-order valence-electron chi connectivity index (χ1n) is 10.6. The molecule has 1 fully saturated rings. The Morgan fingerprint density at radius 3 is 2.47 bits per heavy atom. The van der Waals surface area contributed by atoms with E-state index in [2.05, 4.69) is 30.6 Å². The number of fused-ring (bicyclic) bond motifs is 1. The van der Waals surface area contributed by atoms with E-state index in [0.29, 0.717) is 5.69 Å². The van der Waals surface area contributed by atoms with E-state index in [1.165, 1.54) is 25.5 Å². The fourth-order valence-corrected chi connectivity index (χ4v) is 5.10. The van der Waals surface area contributed by atoms with Crippen LogP contribution < -0.4 is 9.62 Å². The van der Waals surface area contributed by atoms with Crippen molar-refractivity contribution in [1.82, 2.24) is 15.0 Å². The lowest BCUT2D eigenvalue weighted by molar-refractivity contribution is 0.574. The van der Waals surface area contributed by atoms with Gasteiger partial charge < -0.3 is 4.90 Å². The number of aromatic nitrogens is 3. The van der Waals surface area contributed by atoms with Crippen molar-refractivity contribution < 1.29 is 8.42 Å². The first-order chi connectivity index (χ1) is 15.6. The highest BCUT2D eigenvalue weighted by molar-refractivity contribution is 7.92. The van der Waals surface area contributed by atoms with Gasteiger partial charge in [0.2, 0.25) is 0 Å². The third-order valence-electron chi connectivity index (χ3n) is 5.65. The van der Waals surface area contributed by atoms with E-state index in [9.17, 15) is 8.42 Å². The van der Waals surface area contributed by atoms with Crippen LogP contribution in [0.5, 0.6) is 0 Å². The third-order valence-corrected chi connectivity index (χ3v) is 7.04. The van der Waals surface area contributed by atoms with Crippen LogP contribution in [0.2, 0.25) is 0 Å². The highest BCUT2D eigenvalue weighted by atomic mass is 32.2. The summed E-state index contributed by atoms with van der Waals surface area (Å²) < 4.78 is 28.0. The van der Waals surface area contributed by atoms with Crippen molar-refractivity contribution in [3.8, 4) is 11.1 Å². The van der Waals surface area contributed by atoms with Crippen LogP contribution in [-0.4, -0.2) is 36.5 Å². The van der Waals surface area contributed by atoms with Gasteiger partial charge in [-0.15, -0.1) is 0 Å². The normalized spacial score (nSPS) is 14.4. The van der Waals surface area contributed by atoms with Crippen molar-refractivity contribution in [2.45, 2.75) is 24.2 Å². The van der Waals surface area contributed by atoms with Crippen LogP contribution >= 0.6 is 0 Å². The molecule has 7 nitrogen and oxygen atoms in total. The van der Waals surface area contributed by atoms with Gasteiger partial charge >= 0.3 is 0 Å². The van der Waals surface area contributed by atoms with Gasteiger partial charge in [0.05, 0.1) is 22.3 Å². The van der Waals surface area contributed by atoms with Crippen molar-refractivity contribution in [2.24, 2.45) is 0 Å². The van der Waals surface area contributed by atoms with Gasteiger partial charge in [-0.1, -0.05) is 24.3 Å². The molecule has 2 aromatic carbocycles. The second-order valence-corrected chi connectivity index (χ2v) is 9.54. The van der Waals surface area contributed by atoms with E-state index in [0.717, 1.165) is 40.9 Å². The Hall–Kier alpha value is -3.52. The summed E-state index contributed by atoms with van der Waals surface area (Å²) in [6, 6.07) is 16.1. The molecule has 0 spiro atoms. The molecule has 1 saturated heterocycles. The summed E-state index contributed by atoms with van der Waals surface area (Å²) in [6.45, 7) is 1.99. The lowest BCUT2D eigenvalue weighted by Crippen LogP contribution is -2.30. The number of hydrogen-bond donors (Lipinski definition) is 1. The Labute approximate surface area is 187 Å². The van der Waals surface area contributed by atoms with E-state index >= 15 is 0 Å². The minimum atomic E-state index is -3.68. The van der Waals surface area contributed by atoms with Crippen molar-refractivity contribution in [3.05, 3.63) is 73.3 Å². The van der Waals surface area contributed by atoms with Gasteiger partial charge in [-0.05, 0) is 55.2 Å². The first kappa shape index (κ1) is 20.4. The Bertz CT molecular complexity index is 1350. The summed E-state index contributed by atoms with van der Waals surface area (Å²) >= 11 is 0. The zero-order chi connectivity index (χ0) is 22.0. The monoisotopic (exact) mass is 445 g/mol. The molecule has 0 atom stereocenters. The number of pyridine rings is 1. The van der Waals surface area contributed by atoms with Gasteiger partial charge in [0.1, 0.15) is 12.1 Å². The molecule has 0 saturated carbocycles. The molecule has 4 aromatic rings. The number of anilines is 2. The summed E-state index contributed by atoms with van der Waals surface area (Å²) in [6.07, 6.45) is 8.44. The largest absolute Gasteiger partial charge is 0.356 e. The van der Waals surface area contributed by atoms with Crippen LogP contribution in [0.3, 0.4) is 0 Å². The predicted molar refractivity (Wildman–Crippen MR) is 126 cm³/mol. The molecule has 3 heterocycles. The van der Waals surface area contributed by atoms with E-state index in [-0.39, 0.29) is 4.90 Å². The maximum absolute atomic E-state index is 12.7. The molecule has 5 rings (SSSR count). The summed E-state index contributed by atoms with van der Waals surface area (Å²) in [5.74, 6) is 0.949. The topological polar surface area (TPSA) is 88.1 Å². The number of nitrogens with one attached hydrogen (secondary N) is 1. The Balaban J connectivity index is 1.49. The molecule has 8 heteroatoms. The van der Waals surface area contributed by atoms with Gasteiger partial charge in [-0.3, -0.25) is 9.71 Å². The van der Waals surface area contributed by atoms with Gasteiger partial charge in [0.25, 0.3) is 10.0 Å². The van der Waals surface area contributed by atoms with Gasteiger partial charge in [0.15, 0.2) is 0 Å². The number of rotatable bonds is 5. The number of piperidine rings is 1. The molecule has 2 aromatic heterocycles. The fraction of sp³-hybridized carbons (Fsp3) is 0.208. The molecular weight excluding hydrogens is 422 g/mol. The summed E-state index contributed by atoms with van der Waals surface area (Å²) in [7, 11) is -3.68. The van der Waals surface area contributed by atoms with E-state index in [1.807, 2.05) is 12.1 Å². The lowest BCUT2D eigenvalue weighted by atomic mass is 10.0. The summed E-state index contributed by atoms with van der Waals surface area (Å²) in [5.41, 5.74) is 3.04. The van der Waals surface area contributed by atoms with Crippen LogP contribution in [0.15, 0.2) is 78.2 Å². The van der Waals surface area contributed by atoms with Gasteiger partial charge in [-0.2, -0.15) is 0 Å². The van der Waals surface area contributed by atoms with E-state index in [4.69, 9.17) is 0 Å². The van der Waals surface area contributed by atoms with Crippen LogP contribution in [0, 0.1) is 0 Å². The molecule has 1 N–H and O–H groups in total. The minimum Gasteiger partial charge on any atom is -0.356 e. The van der Waals surface area contributed by atoms with Crippen LogP contribution in [0.4, 0.5) is 11.5 Å². The van der Waals surface area contributed by atoms with E-state index < -0.39 is 10.0 Å². The highest BCUT2D eigenvalue weighted by Crippen LogP contribution is 2.31. The maximum atomic E-state index is 12.7. The van der Waals surface area contributed by atoms with Crippen LogP contribution in [0.25, 0.3) is 22.0 Å². The second kappa shape index (κ2) is 8.55. The summed E-state index contributed by atoms with van der Waals surface area (Å²) in [5, 5.41) is 0.988. The van der Waals surface area contributed by atoms with Crippen molar-refractivity contribution in [3.63, 3.8) is 0 Å². The fourth-order valence-electron chi connectivity index (χ4n) is 4.05. The number of sulfonamides is 1. The average Bonchev–Trinajstić information content (AvgIpc) is 2.84. The molecule has 1 aliphatic heterocycles. The molecule has 0 amide bonds. The quantitative estimate of drug-likeness (QED) is 0.487. The zero-order valence-corrected chi connectivity index (χ0v) is 18.3. The Morgan fingerprint density at radius 1 is 0.844 bits per heavy atom. The average molecular weight is 446 g/mol. The molecular formula is C24H23N5O2S. The van der Waals surface area contributed by atoms with Crippen LogP contribution in [0.1, 0.15) is 19.3 Å². The molecule has 32 heavy (non-hydrogen) atoms. The highest BCUT2D eigenvalue weighted by Gasteiger charge is 2.17. The Morgan fingerprint density at radius 2 is 1.66 bits per heavy atom. The smallest absolute Gasteiger partial charge is 0.261 e. The number of nitrogens with zero attached hydrogens (tertiary/aromatic N) is 4. The first-order valence-corrected chi connectivity index (χ1v) is 12.1. The molecule has 1 aliphatic rings. The number of benzene rings is 2. The molecule has 162 valence electrons. The summed E-state index contributed by atoms with van der Waals surface area (Å²) in [4.78, 5) is 15.8. The van der Waals surface area contributed by atoms with Crippen LogP contribution in [-0.2, 0) is 10.0 Å². The van der Waals surface area contributed by atoms with Crippen molar-refractivity contribution >= 4 is 32.4 Å². The predicted octanol–water partition coefficient (Wildman–Crippen LogP) is 4.48. The third kappa shape index (κ3) is 4.13. The maximum Gasteiger partial charge on any atom is 0.261 e. The van der Waals surface area contributed by atoms with Gasteiger partial charge in [-0.25, -0.2) is 18.4 Å². The molecule has 0 radical (unpaired) electrons.